The van der Waals surface area contributed by atoms with E-state index in [9.17, 15) is 22.4 Å². The van der Waals surface area contributed by atoms with E-state index in [-0.39, 0.29) is 0 Å². The number of benzene rings is 1. The predicted molar refractivity (Wildman–Crippen MR) is 98.3 cm³/mol. The highest BCUT2D eigenvalue weighted by Gasteiger charge is 2.28. The number of halogens is 5. The van der Waals surface area contributed by atoms with Gasteiger partial charge in [-0.25, -0.2) is 17.6 Å². The molecule has 0 spiro atoms. The van der Waals surface area contributed by atoms with Gasteiger partial charge in [0.2, 0.25) is 5.91 Å². The molecule has 0 fully saturated rings. The Morgan fingerprint density at radius 3 is 2.66 bits per heavy atom. The molecule has 0 aliphatic rings. The molecular weight excluding hydrogens is 414 g/mol. The Kier molecular flexibility index (Phi) is 6.21. The van der Waals surface area contributed by atoms with Gasteiger partial charge in [0, 0.05) is 6.20 Å². The van der Waals surface area contributed by atoms with Crippen LogP contribution < -0.4 is 5.32 Å². The zero-order valence-corrected chi connectivity index (χ0v) is 15.9. The lowest BCUT2D eigenvalue weighted by Gasteiger charge is -2.07. The van der Waals surface area contributed by atoms with Gasteiger partial charge in [-0.2, -0.15) is 10.2 Å². The van der Waals surface area contributed by atoms with Crippen molar-refractivity contribution in [2.45, 2.75) is 32.9 Å². The third-order valence-electron chi connectivity index (χ3n) is 4.01. The molecule has 0 bridgehead atoms. The zero-order valence-electron chi connectivity index (χ0n) is 15.1. The van der Waals surface area contributed by atoms with Crippen molar-refractivity contribution in [2.75, 3.05) is 5.32 Å². The molecule has 154 valence electrons. The topological polar surface area (TPSA) is 64.7 Å². The van der Waals surface area contributed by atoms with Crippen LogP contribution in [0.5, 0.6) is 0 Å². The maximum absolute atomic E-state index is 13.1. The molecule has 1 N–H and O–H groups in total. The van der Waals surface area contributed by atoms with Gasteiger partial charge >= 0.3 is 0 Å². The Labute approximate surface area is 168 Å². The molecule has 0 saturated heterocycles. The number of rotatable bonds is 7. The van der Waals surface area contributed by atoms with Crippen LogP contribution in [-0.4, -0.2) is 25.5 Å². The molecule has 11 heteroatoms. The summed E-state index contributed by atoms with van der Waals surface area (Å²) in [5.41, 5.74) is 0.527. The molecule has 0 unspecified atom stereocenters. The monoisotopic (exact) mass is 429 g/mol. The Morgan fingerprint density at radius 2 is 2.00 bits per heavy atom. The average molecular weight is 430 g/mol. The highest BCUT2D eigenvalue weighted by molar-refractivity contribution is 6.32. The van der Waals surface area contributed by atoms with Crippen LogP contribution in [0.25, 0.3) is 0 Å². The van der Waals surface area contributed by atoms with Crippen LogP contribution in [0.4, 0.5) is 23.2 Å². The summed E-state index contributed by atoms with van der Waals surface area (Å²) >= 11 is 5.57. The second kappa shape index (κ2) is 8.64. The lowest BCUT2D eigenvalue weighted by atomic mass is 10.1. The van der Waals surface area contributed by atoms with Crippen molar-refractivity contribution in [1.82, 2.24) is 19.6 Å². The molecule has 2 aromatic heterocycles. The van der Waals surface area contributed by atoms with Gasteiger partial charge in [0.05, 0.1) is 23.5 Å². The lowest BCUT2D eigenvalue weighted by Crippen LogP contribution is -2.21. The Morgan fingerprint density at radius 1 is 1.24 bits per heavy atom. The van der Waals surface area contributed by atoms with Crippen molar-refractivity contribution in [3.05, 3.63) is 64.2 Å². The van der Waals surface area contributed by atoms with Crippen molar-refractivity contribution < 1.29 is 22.4 Å². The van der Waals surface area contributed by atoms with E-state index in [1.54, 1.807) is 10.9 Å². The Balaban J connectivity index is 1.69. The van der Waals surface area contributed by atoms with Crippen LogP contribution in [0.1, 0.15) is 35.4 Å². The summed E-state index contributed by atoms with van der Waals surface area (Å²) in [6.07, 6.45) is -3.34. The molecule has 0 radical (unpaired) electrons. The second-order valence-electron chi connectivity index (χ2n) is 6.31. The van der Waals surface area contributed by atoms with Crippen molar-refractivity contribution in [1.29, 1.82) is 0 Å². The summed E-state index contributed by atoms with van der Waals surface area (Å²) in [4.78, 5) is 12.2. The fraction of sp³-hybridized carbons (Fsp3) is 0.278. The smallest absolute Gasteiger partial charge is 0.283 e. The van der Waals surface area contributed by atoms with Gasteiger partial charge in [-0.15, -0.1) is 0 Å². The largest absolute Gasteiger partial charge is 0.322 e. The van der Waals surface area contributed by atoms with E-state index in [1.807, 2.05) is 31.2 Å². The lowest BCUT2D eigenvalue weighted by molar-refractivity contribution is -0.117. The van der Waals surface area contributed by atoms with Gasteiger partial charge in [-0.3, -0.25) is 14.2 Å². The minimum absolute atomic E-state index is 0.327. The first-order valence-electron chi connectivity index (χ1n) is 8.45. The summed E-state index contributed by atoms with van der Waals surface area (Å²) in [6, 6.07) is 7.81. The third kappa shape index (κ3) is 4.94. The van der Waals surface area contributed by atoms with Crippen LogP contribution in [0.15, 0.2) is 36.7 Å². The minimum atomic E-state index is -3.16. The normalized spacial score (nSPS) is 11.4. The van der Waals surface area contributed by atoms with Gasteiger partial charge in [0.1, 0.15) is 17.9 Å². The number of nitrogens with zero attached hydrogens (tertiary/aromatic N) is 4. The number of aromatic nitrogens is 4. The summed E-state index contributed by atoms with van der Waals surface area (Å²) in [6.45, 7) is 1.74. The number of alkyl halides is 4. The van der Waals surface area contributed by atoms with Crippen LogP contribution in [-0.2, 0) is 17.9 Å². The first-order valence-corrected chi connectivity index (χ1v) is 8.82. The maximum atomic E-state index is 13.1. The van der Waals surface area contributed by atoms with Crippen molar-refractivity contribution in [2.24, 2.45) is 0 Å². The van der Waals surface area contributed by atoms with Crippen LogP contribution >= 0.6 is 11.6 Å². The molecule has 3 rings (SSSR count). The molecule has 1 amide bonds. The number of amides is 1. The van der Waals surface area contributed by atoms with E-state index < -0.39 is 41.7 Å². The van der Waals surface area contributed by atoms with Crippen LogP contribution in [0.2, 0.25) is 5.02 Å². The fourth-order valence-corrected chi connectivity index (χ4v) is 3.09. The highest BCUT2D eigenvalue weighted by Crippen LogP contribution is 2.34. The van der Waals surface area contributed by atoms with Crippen LogP contribution in [0, 0.1) is 6.92 Å². The van der Waals surface area contributed by atoms with Crippen molar-refractivity contribution in [3.63, 3.8) is 0 Å². The average Bonchev–Trinajstić information content (AvgIpc) is 3.18. The van der Waals surface area contributed by atoms with E-state index in [2.05, 4.69) is 15.5 Å². The Bertz CT molecular complexity index is 1020. The predicted octanol–water partition coefficient (Wildman–Crippen LogP) is 4.60. The number of hydrogen-bond acceptors (Lipinski definition) is 3. The standard InChI is InChI=1S/C18H16ClF4N5O/c1-10-3-2-4-11(5-10)7-27-8-12(6-24-27)25-13(29)9-28-16(18(22)23)14(19)15(26-28)17(20)21/h2-6,8,17-18H,7,9H2,1H3,(H,25,29). The van der Waals surface area contributed by atoms with E-state index in [4.69, 9.17) is 11.6 Å². The van der Waals surface area contributed by atoms with Gasteiger partial charge in [0.15, 0.2) is 0 Å². The van der Waals surface area contributed by atoms with Crippen LogP contribution in [0.3, 0.4) is 0 Å². The molecule has 1 aromatic carbocycles. The molecule has 0 aliphatic heterocycles. The van der Waals surface area contributed by atoms with Crippen molar-refractivity contribution >= 4 is 23.2 Å². The highest BCUT2D eigenvalue weighted by atomic mass is 35.5. The molecular formula is C18H16ClF4N5O. The van der Waals surface area contributed by atoms with E-state index in [0.29, 0.717) is 16.9 Å². The molecule has 0 saturated carbocycles. The van der Waals surface area contributed by atoms with Gasteiger partial charge in [0.25, 0.3) is 12.9 Å². The summed E-state index contributed by atoms with van der Waals surface area (Å²) < 4.78 is 54.1. The molecule has 3 aromatic rings. The van der Waals surface area contributed by atoms with E-state index >= 15 is 0 Å². The number of carbonyl (C=O) groups is 1. The van der Waals surface area contributed by atoms with Gasteiger partial charge in [-0.05, 0) is 12.5 Å². The minimum Gasteiger partial charge on any atom is -0.322 e. The number of carbonyl (C=O) groups excluding carboxylic acids is 1. The van der Waals surface area contributed by atoms with E-state index in [1.165, 1.54) is 6.20 Å². The fourth-order valence-electron chi connectivity index (χ4n) is 2.79. The quantitative estimate of drug-likeness (QED) is 0.558. The molecule has 0 atom stereocenters. The first-order chi connectivity index (χ1) is 13.7. The second-order valence-corrected chi connectivity index (χ2v) is 6.69. The summed E-state index contributed by atoms with van der Waals surface area (Å²) in [5, 5.41) is 9.12. The Hall–Kier alpha value is -2.88. The third-order valence-corrected chi connectivity index (χ3v) is 4.39. The molecule has 29 heavy (non-hydrogen) atoms. The number of anilines is 1. The van der Waals surface area contributed by atoms with Gasteiger partial charge < -0.3 is 5.32 Å². The number of nitrogens with one attached hydrogen (secondary N) is 1. The SMILES string of the molecule is Cc1cccc(Cn2cc(NC(=O)Cn3nc(C(F)F)c(Cl)c3C(F)F)cn2)c1. The molecule has 0 aliphatic carbocycles. The first kappa shape index (κ1) is 20.8. The molecule has 2 heterocycles. The number of hydrogen-bond donors (Lipinski definition) is 1. The number of aryl methyl sites for hydroxylation is 1. The summed E-state index contributed by atoms with van der Waals surface area (Å²) in [5.74, 6) is -0.734. The van der Waals surface area contributed by atoms with Crippen molar-refractivity contribution in [3.8, 4) is 0 Å². The summed E-state index contributed by atoms with van der Waals surface area (Å²) in [7, 11) is 0. The maximum Gasteiger partial charge on any atom is 0.283 e. The van der Waals surface area contributed by atoms with E-state index in [0.717, 1.165) is 11.1 Å². The molecule has 6 nitrogen and oxygen atoms in total. The van der Waals surface area contributed by atoms with Gasteiger partial charge in [-0.1, -0.05) is 41.4 Å². The zero-order chi connectivity index (χ0) is 21.1.